The maximum atomic E-state index is 14.4. The van der Waals surface area contributed by atoms with Gasteiger partial charge < -0.3 is 20.9 Å². The molecule has 0 radical (unpaired) electrons. The van der Waals surface area contributed by atoms with E-state index in [1.54, 1.807) is 24.1 Å². The lowest BCUT2D eigenvalue weighted by molar-refractivity contribution is -0.179. The third kappa shape index (κ3) is 4.77. The van der Waals surface area contributed by atoms with Crippen LogP contribution in [0.1, 0.15) is 51.4 Å². The van der Waals surface area contributed by atoms with Gasteiger partial charge in [0, 0.05) is 17.9 Å². The molecule has 0 aromatic rings. The average molecular weight is 577 g/mol. The van der Waals surface area contributed by atoms with E-state index in [1.165, 1.54) is 4.90 Å². The molecule has 7 aliphatic rings. The van der Waals surface area contributed by atoms with Gasteiger partial charge in [-0.05, 0) is 82.2 Å². The first-order chi connectivity index (χ1) is 19.4. The zero-order valence-electron chi connectivity index (χ0n) is 22.8. The van der Waals surface area contributed by atoms with Crippen LogP contribution in [0, 0.1) is 40.4 Å². The van der Waals surface area contributed by atoms with Gasteiger partial charge in [-0.15, -0.1) is 0 Å². The van der Waals surface area contributed by atoms with Gasteiger partial charge >= 0.3 is 12.1 Å². The summed E-state index contributed by atoms with van der Waals surface area (Å²) in [4.78, 5) is 55.6. The number of nitrogens with zero attached hydrogens (tertiary/aromatic N) is 3. The fourth-order valence-electron chi connectivity index (χ4n) is 9.08. The van der Waals surface area contributed by atoms with E-state index in [0.29, 0.717) is 50.0 Å². The molecule has 0 spiro atoms. The number of alkyl halides is 3. The molecule has 3 N–H and O–H groups in total. The molecule has 6 atom stereocenters. The van der Waals surface area contributed by atoms with Crippen LogP contribution in [0.3, 0.4) is 0 Å². The highest BCUT2D eigenvalue weighted by Gasteiger charge is 2.61. The molecule has 0 aromatic carbocycles. The van der Waals surface area contributed by atoms with E-state index in [0.717, 1.165) is 19.3 Å². The highest BCUT2D eigenvalue weighted by atomic mass is 19.4. The first kappa shape index (κ1) is 28.0. The zero-order chi connectivity index (χ0) is 29.3. The summed E-state index contributed by atoms with van der Waals surface area (Å²) >= 11 is 0. The third-order valence-electron chi connectivity index (χ3n) is 10.4. The molecule has 4 aliphatic carbocycles. The zero-order valence-corrected chi connectivity index (χ0v) is 22.8. The maximum absolute atomic E-state index is 14.4. The Hall–Kier alpha value is -3.14. The molecular weight excluding hydrogens is 541 g/mol. The average Bonchev–Trinajstić information content (AvgIpc) is 3.56. The Bertz CT molecular complexity index is 1180. The van der Waals surface area contributed by atoms with Gasteiger partial charge in [-0.1, -0.05) is 6.08 Å². The summed E-state index contributed by atoms with van der Waals surface area (Å²) in [6, 6.07) is -2.02. The fourth-order valence-corrected chi connectivity index (χ4v) is 9.08. The first-order valence-corrected chi connectivity index (χ1v) is 14.5. The Morgan fingerprint density at radius 3 is 2.29 bits per heavy atom. The molecule has 6 fully saturated rings. The Morgan fingerprint density at radius 1 is 1.12 bits per heavy atom. The van der Waals surface area contributed by atoms with Gasteiger partial charge in [-0.25, -0.2) is 0 Å². The predicted octanol–water partition coefficient (Wildman–Crippen LogP) is 1.19. The Labute approximate surface area is 236 Å². The number of nitriles is 1. The maximum Gasteiger partial charge on any atom is 0.471 e. The molecule has 0 aromatic heterocycles. The Kier molecular flexibility index (Phi) is 6.83. The van der Waals surface area contributed by atoms with Crippen LogP contribution < -0.4 is 16.0 Å². The standard InChI is InChI=1S/C28H35F3N6O4/c1-36-19-2-3-20(36)37(21(19)24(39)34-18(13-32)9-17-4-5-33-23(17)38)25(40)22(35-26(41)28(29,30)31)27-10-14-6-15(11-27)8-16(7-14)12-27/h2-3,14-22H,4-12H2,1H3,(H,33,38)(H,34,39)(H,35,41)/t14?,15?,16?,17-,18-,19+,20+,21-,22+,27?/m0/s1. The molecule has 4 saturated carbocycles. The minimum absolute atomic E-state index is 0.117. The second-order valence-corrected chi connectivity index (χ2v) is 13.0. The highest BCUT2D eigenvalue weighted by Crippen LogP contribution is 2.61. The number of carbonyl (C=O) groups excluding carboxylic acids is 4. The van der Waals surface area contributed by atoms with Crippen LogP contribution in [-0.4, -0.2) is 83.5 Å². The summed E-state index contributed by atoms with van der Waals surface area (Å²) in [6.07, 6.45) is 3.02. The van der Waals surface area contributed by atoms with Gasteiger partial charge in [0.15, 0.2) is 0 Å². The summed E-state index contributed by atoms with van der Waals surface area (Å²) in [7, 11) is 1.72. The summed E-state index contributed by atoms with van der Waals surface area (Å²) < 4.78 is 40.6. The molecule has 10 nitrogen and oxygen atoms in total. The monoisotopic (exact) mass is 576 g/mol. The molecule has 41 heavy (non-hydrogen) atoms. The van der Waals surface area contributed by atoms with E-state index < -0.39 is 65.6 Å². The van der Waals surface area contributed by atoms with Crippen molar-refractivity contribution >= 4 is 23.6 Å². The van der Waals surface area contributed by atoms with Gasteiger partial charge in [-0.2, -0.15) is 18.4 Å². The van der Waals surface area contributed by atoms with Crippen LogP contribution in [0.4, 0.5) is 13.2 Å². The lowest BCUT2D eigenvalue weighted by Crippen LogP contribution is -2.66. The molecule has 4 amide bonds. The van der Waals surface area contributed by atoms with Gasteiger partial charge in [0.1, 0.15) is 24.3 Å². The van der Waals surface area contributed by atoms with E-state index in [2.05, 4.69) is 16.0 Å². The Morgan fingerprint density at radius 2 is 1.76 bits per heavy atom. The molecular formula is C28H35F3N6O4. The smallest absolute Gasteiger partial charge is 0.356 e. The van der Waals surface area contributed by atoms with E-state index in [1.807, 2.05) is 6.07 Å². The van der Waals surface area contributed by atoms with E-state index in [4.69, 9.17) is 0 Å². The number of nitrogens with one attached hydrogen (secondary N) is 3. The predicted molar refractivity (Wildman–Crippen MR) is 137 cm³/mol. The second kappa shape index (κ2) is 10.00. The van der Waals surface area contributed by atoms with Gasteiger partial charge in [-0.3, -0.25) is 24.1 Å². The van der Waals surface area contributed by atoms with Crippen LogP contribution in [0.25, 0.3) is 0 Å². The number of amides is 4. The topological polar surface area (TPSA) is 135 Å². The van der Waals surface area contributed by atoms with Crippen LogP contribution in [0.15, 0.2) is 12.2 Å². The SMILES string of the molecule is CN1[C@@H]2C=C[C@H]1N(C(=O)[C@@H](NC(=O)C(F)(F)F)C13CC4CC(CC(C4)C1)C3)[C@@H]2C(=O)N[C@H](C#N)C[C@@H]1CCNC1=O. The summed E-state index contributed by atoms with van der Waals surface area (Å²) in [6.45, 7) is 0.495. The molecule has 2 saturated heterocycles. The van der Waals surface area contributed by atoms with E-state index in [-0.39, 0.29) is 12.3 Å². The van der Waals surface area contributed by atoms with E-state index in [9.17, 15) is 37.6 Å². The molecule has 6 bridgehead atoms. The first-order valence-electron chi connectivity index (χ1n) is 14.5. The van der Waals surface area contributed by atoms with Crippen LogP contribution in [0.5, 0.6) is 0 Å². The Balaban J connectivity index is 1.29. The van der Waals surface area contributed by atoms with Crippen molar-refractivity contribution in [1.29, 1.82) is 5.26 Å². The van der Waals surface area contributed by atoms with Crippen molar-refractivity contribution < 1.29 is 32.3 Å². The number of hydrogen-bond donors (Lipinski definition) is 3. The molecule has 7 rings (SSSR count). The summed E-state index contributed by atoms with van der Waals surface area (Å²) in [5, 5.41) is 17.2. The number of halogens is 3. The minimum atomic E-state index is -5.16. The fraction of sp³-hybridized carbons (Fsp3) is 0.750. The molecule has 0 unspecified atom stereocenters. The molecule has 222 valence electrons. The van der Waals surface area contributed by atoms with E-state index >= 15 is 0 Å². The lowest BCUT2D eigenvalue weighted by atomic mass is 9.47. The third-order valence-corrected chi connectivity index (χ3v) is 10.4. The highest BCUT2D eigenvalue weighted by molar-refractivity contribution is 5.95. The van der Waals surface area contributed by atoms with Crippen LogP contribution in [-0.2, 0) is 19.2 Å². The van der Waals surface area contributed by atoms with Crippen LogP contribution in [0.2, 0.25) is 0 Å². The molecule has 3 heterocycles. The van der Waals surface area contributed by atoms with Crippen molar-refractivity contribution in [3.8, 4) is 6.07 Å². The van der Waals surface area contributed by atoms with Gasteiger partial charge in [0.05, 0.1) is 12.1 Å². The second-order valence-electron chi connectivity index (χ2n) is 13.0. The largest absolute Gasteiger partial charge is 0.471 e. The van der Waals surface area contributed by atoms with Crippen molar-refractivity contribution in [2.75, 3.05) is 13.6 Å². The minimum Gasteiger partial charge on any atom is -0.356 e. The summed E-state index contributed by atoms with van der Waals surface area (Å²) in [5.41, 5.74) is -0.803. The molecule has 13 heteroatoms. The van der Waals surface area contributed by atoms with Crippen molar-refractivity contribution in [3.63, 3.8) is 0 Å². The molecule has 3 aliphatic heterocycles. The lowest BCUT2D eigenvalue weighted by Gasteiger charge is -2.59. The number of likely N-dealkylation sites (N-methyl/N-ethyl adjacent to an activating group) is 1. The number of hydrogen-bond acceptors (Lipinski definition) is 6. The van der Waals surface area contributed by atoms with Crippen molar-refractivity contribution in [3.05, 3.63) is 12.2 Å². The van der Waals surface area contributed by atoms with Crippen molar-refractivity contribution in [1.82, 2.24) is 25.8 Å². The number of rotatable bonds is 7. The number of fused-ring (bicyclic) bond motifs is 2. The van der Waals surface area contributed by atoms with Gasteiger partial charge in [0.2, 0.25) is 17.7 Å². The normalized spacial score (nSPS) is 38.5. The van der Waals surface area contributed by atoms with Gasteiger partial charge in [0.25, 0.3) is 0 Å². The van der Waals surface area contributed by atoms with Crippen molar-refractivity contribution in [2.24, 2.45) is 29.1 Å². The quantitative estimate of drug-likeness (QED) is 0.390. The number of carbonyl (C=O) groups is 4. The van der Waals surface area contributed by atoms with Crippen LogP contribution >= 0.6 is 0 Å². The van der Waals surface area contributed by atoms with Crippen molar-refractivity contribution in [2.45, 2.75) is 87.9 Å². The summed E-state index contributed by atoms with van der Waals surface area (Å²) in [5.74, 6) is -3.15.